The molecule has 2 heterocycles. The molecule has 1 saturated heterocycles. The number of nitrogens with zero attached hydrogens (tertiary/aromatic N) is 2. The Hall–Kier alpha value is -3.31. The highest BCUT2D eigenvalue weighted by molar-refractivity contribution is 7.13. The predicted molar refractivity (Wildman–Crippen MR) is 157 cm³/mol. The van der Waals surface area contributed by atoms with Gasteiger partial charge in [-0.3, -0.25) is 19.2 Å². The van der Waals surface area contributed by atoms with Crippen molar-refractivity contribution < 1.29 is 29.0 Å². The number of carbonyl (C=O) groups is 4. The van der Waals surface area contributed by atoms with Crippen LogP contribution in [-0.2, 0) is 23.9 Å². The van der Waals surface area contributed by atoms with Gasteiger partial charge in [-0.05, 0) is 43.2 Å². The second kappa shape index (κ2) is 14.0. The van der Waals surface area contributed by atoms with Gasteiger partial charge in [0.1, 0.15) is 12.1 Å². The van der Waals surface area contributed by atoms with Crippen molar-refractivity contribution in [2.45, 2.75) is 91.0 Å². The van der Waals surface area contributed by atoms with Gasteiger partial charge < -0.3 is 25.4 Å². The van der Waals surface area contributed by atoms with Crippen LogP contribution in [0.25, 0.3) is 10.4 Å². The van der Waals surface area contributed by atoms with Crippen LogP contribution in [0.3, 0.4) is 0 Å². The quantitative estimate of drug-likeness (QED) is 0.271. The van der Waals surface area contributed by atoms with Gasteiger partial charge in [0.05, 0.1) is 35.3 Å². The van der Waals surface area contributed by atoms with E-state index in [1.165, 1.54) is 12.0 Å². The Kier molecular flexibility index (Phi) is 11.0. The van der Waals surface area contributed by atoms with Crippen LogP contribution in [0, 0.1) is 12.3 Å². The van der Waals surface area contributed by atoms with E-state index in [-0.39, 0.29) is 49.6 Å². The van der Waals surface area contributed by atoms with Gasteiger partial charge >= 0.3 is 5.97 Å². The molecule has 1 fully saturated rings. The van der Waals surface area contributed by atoms with Crippen LogP contribution in [0.1, 0.15) is 77.1 Å². The third-order valence-electron chi connectivity index (χ3n) is 7.32. The van der Waals surface area contributed by atoms with Gasteiger partial charge in [-0.25, -0.2) is 4.98 Å². The highest BCUT2D eigenvalue weighted by Gasteiger charge is 2.44. The summed E-state index contributed by atoms with van der Waals surface area (Å²) in [6, 6.07) is 5.85. The molecular weight excluding hydrogens is 544 g/mol. The zero-order valence-electron chi connectivity index (χ0n) is 24.7. The van der Waals surface area contributed by atoms with Crippen molar-refractivity contribution in [1.82, 2.24) is 20.5 Å². The monoisotopic (exact) mass is 586 g/mol. The number of hydrogen-bond acceptors (Lipinski definition) is 8. The molecule has 1 aliphatic rings. The van der Waals surface area contributed by atoms with E-state index in [0.29, 0.717) is 12.8 Å². The number of unbranched alkanes of at least 4 members (excludes halogenated alkanes) is 1. The highest BCUT2D eigenvalue weighted by Crippen LogP contribution is 2.29. The van der Waals surface area contributed by atoms with Crippen molar-refractivity contribution >= 4 is 35.0 Å². The van der Waals surface area contributed by atoms with E-state index in [4.69, 9.17) is 0 Å². The molecule has 2 aromatic rings. The summed E-state index contributed by atoms with van der Waals surface area (Å²) in [6.07, 6.45) is 0.626. The molecule has 0 spiro atoms. The molecule has 0 radical (unpaired) electrons. The minimum Gasteiger partial charge on any atom is -0.469 e. The van der Waals surface area contributed by atoms with Crippen molar-refractivity contribution in [2.75, 3.05) is 13.7 Å². The fraction of sp³-hybridized carbons (Fsp3) is 0.567. The molecule has 1 aliphatic heterocycles. The van der Waals surface area contributed by atoms with E-state index in [2.05, 4.69) is 20.4 Å². The lowest BCUT2D eigenvalue weighted by Gasteiger charge is -2.35. The van der Waals surface area contributed by atoms with Gasteiger partial charge in [0.25, 0.3) is 0 Å². The number of carbonyl (C=O) groups excluding carboxylic acids is 4. The second-order valence-corrected chi connectivity index (χ2v) is 12.5. The maximum atomic E-state index is 13.7. The van der Waals surface area contributed by atoms with E-state index in [1.807, 2.05) is 64.4 Å². The summed E-state index contributed by atoms with van der Waals surface area (Å²) < 4.78 is 4.62. The van der Waals surface area contributed by atoms with Crippen LogP contribution in [0.5, 0.6) is 0 Å². The number of likely N-dealkylation sites (tertiary alicyclic amines) is 1. The summed E-state index contributed by atoms with van der Waals surface area (Å²) in [4.78, 5) is 57.9. The molecule has 0 aliphatic carbocycles. The molecule has 0 saturated carbocycles. The van der Waals surface area contributed by atoms with Crippen LogP contribution in [0.15, 0.2) is 29.8 Å². The zero-order valence-corrected chi connectivity index (χ0v) is 25.5. The van der Waals surface area contributed by atoms with Crippen molar-refractivity contribution in [1.29, 1.82) is 0 Å². The Labute approximate surface area is 245 Å². The number of ether oxygens (including phenoxy) is 1. The van der Waals surface area contributed by atoms with Crippen LogP contribution in [0.4, 0.5) is 0 Å². The first-order chi connectivity index (χ1) is 19.3. The molecule has 41 heavy (non-hydrogen) atoms. The average molecular weight is 587 g/mol. The van der Waals surface area contributed by atoms with Crippen LogP contribution in [-0.4, -0.2) is 70.5 Å². The van der Waals surface area contributed by atoms with Crippen LogP contribution in [0.2, 0.25) is 0 Å². The first-order valence-corrected chi connectivity index (χ1v) is 14.8. The van der Waals surface area contributed by atoms with Crippen molar-refractivity contribution in [3.05, 3.63) is 41.0 Å². The molecule has 0 bridgehead atoms. The smallest absolute Gasteiger partial charge is 0.305 e. The predicted octanol–water partition coefficient (Wildman–Crippen LogP) is 3.52. The molecular formula is C30H42N4O6S. The summed E-state index contributed by atoms with van der Waals surface area (Å²) in [5, 5.41) is 16.3. The summed E-state index contributed by atoms with van der Waals surface area (Å²) in [5.74, 6) is -1.41. The molecule has 4 atom stereocenters. The van der Waals surface area contributed by atoms with Gasteiger partial charge in [-0.2, -0.15) is 0 Å². The van der Waals surface area contributed by atoms with Crippen molar-refractivity contribution in [2.24, 2.45) is 5.41 Å². The number of β-amino-alcohol motifs (C(OH)–C–C–N with tert-alkyl or cyclic N) is 1. The molecule has 3 amide bonds. The molecule has 1 unspecified atom stereocenters. The fourth-order valence-electron chi connectivity index (χ4n) is 4.91. The van der Waals surface area contributed by atoms with Gasteiger partial charge in [0.15, 0.2) is 0 Å². The third-order valence-corrected chi connectivity index (χ3v) is 8.30. The summed E-state index contributed by atoms with van der Waals surface area (Å²) in [7, 11) is 1.32. The summed E-state index contributed by atoms with van der Waals surface area (Å²) >= 11 is 1.58. The number of aliphatic hydroxyl groups is 1. The number of amides is 3. The lowest BCUT2D eigenvalue weighted by molar-refractivity contribution is -0.144. The minimum atomic E-state index is -0.892. The molecule has 10 nitrogen and oxygen atoms in total. The Bertz CT molecular complexity index is 1220. The molecule has 224 valence electrons. The van der Waals surface area contributed by atoms with Crippen LogP contribution >= 0.6 is 11.3 Å². The normalized spacial score (nSPS) is 18.5. The zero-order chi connectivity index (χ0) is 30.3. The molecule has 3 rings (SSSR count). The summed E-state index contributed by atoms with van der Waals surface area (Å²) in [5.41, 5.74) is 4.11. The second-order valence-electron chi connectivity index (χ2n) is 11.7. The Balaban J connectivity index is 1.65. The van der Waals surface area contributed by atoms with E-state index >= 15 is 0 Å². The van der Waals surface area contributed by atoms with E-state index in [1.54, 1.807) is 11.3 Å². The Morgan fingerprint density at radius 2 is 1.78 bits per heavy atom. The molecule has 1 aromatic carbocycles. The first-order valence-electron chi connectivity index (χ1n) is 14.0. The number of methoxy groups -OCH3 is 1. The number of nitrogens with one attached hydrogen (secondary N) is 2. The molecule has 11 heteroatoms. The van der Waals surface area contributed by atoms with Gasteiger partial charge in [-0.15, -0.1) is 11.3 Å². The number of benzene rings is 1. The largest absolute Gasteiger partial charge is 0.469 e. The topological polar surface area (TPSA) is 138 Å². The third kappa shape index (κ3) is 8.59. The van der Waals surface area contributed by atoms with E-state index < -0.39 is 29.5 Å². The molecule has 3 N–H and O–H groups in total. The number of aliphatic hydroxyl groups excluding tert-OH is 1. The lowest BCUT2D eigenvalue weighted by atomic mass is 9.85. The SMILES string of the molecule is COC(=O)CCCCC(=O)NC(C(=O)N1C[C@H](O)C[C@H]1C(=O)N[C@@H](C)c1ccc(-c2scnc2C)cc1)C(C)(C)C. The van der Waals surface area contributed by atoms with Crippen LogP contribution < -0.4 is 10.6 Å². The minimum absolute atomic E-state index is 0.00970. The standard InChI is InChI=1S/C30H42N4O6S/c1-18(20-11-13-21(14-12-20)26-19(2)31-17-41-26)32-28(38)23-15-22(35)16-34(23)29(39)27(30(3,4)5)33-24(36)9-7-8-10-25(37)40-6/h11-14,17-18,22-23,27,35H,7-10,15-16H2,1-6H3,(H,32,38)(H,33,36)/t18-,22+,23-,27?/m0/s1. The van der Waals surface area contributed by atoms with Gasteiger partial charge in [-0.1, -0.05) is 45.0 Å². The number of aromatic nitrogens is 1. The maximum absolute atomic E-state index is 13.7. The first kappa shape index (κ1) is 32.2. The average Bonchev–Trinajstić information content (AvgIpc) is 3.53. The van der Waals surface area contributed by atoms with Gasteiger partial charge in [0, 0.05) is 25.8 Å². The maximum Gasteiger partial charge on any atom is 0.305 e. The lowest BCUT2D eigenvalue weighted by Crippen LogP contribution is -2.57. The molecule has 1 aromatic heterocycles. The van der Waals surface area contributed by atoms with E-state index in [9.17, 15) is 24.3 Å². The van der Waals surface area contributed by atoms with Gasteiger partial charge in [0.2, 0.25) is 17.7 Å². The summed E-state index contributed by atoms with van der Waals surface area (Å²) in [6.45, 7) is 9.38. The number of thiazole rings is 1. The van der Waals surface area contributed by atoms with E-state index in [0.717, 1.165) is 21.7 Å². The number of aryl methyl sites for hydroxylation is 1. The fourth-order valence-corrected chi connectivity index (χ4v) is 5.72. The van der Waals surface area contributed by atoms with Crippen molar-refractivity contribution in [3.63, 3.8) is 0 Å². The number of esters is 1. The number of rotatable bonds is 11. The number of hydrogen-bond donors (Lipinski definition) is 3. The Morgan fingerprint density at radius 1 is 1.12 bits per heavy atom. The van der Waals surface area contributed by atoms with Crippen molar-refractivity contribution in [3.8, 4) is 10.4 Å². The Morgan fingerprint density at radius 3 is 2.37 bits per heavy atom. The highest BCUT2D eigenvalue weighted by atomic mass is 32.1.